The van der Waals surface area contributed by atoms with Gasteiger partial charge in [0.1, 0.15) is 0 Å². The van der Waals surface area contributed by atoms with Crippen LogP contribution < -0.4 is 0 Å². The van der Waals surface area contributed by atoms with Crippen molar-refractivity contribution in [2.75, 3.05) is 13.2 Å². The maximum absolute atomic E-state index is 11.5. The van der Waals surface area contributed by atoms with E-state index in [-0.39, 0.29) is 6.04 Å². The molecule has 4 heteroatoms. The van der Waals surface area contributed by atoms with Gasteiger partial charge in [0.05, 0.1) is 19.3 Å². The first-order chi connectivity index (χ1) is 10.2. The Hall–Kier alpha value is -1.81. The lowest BCUT2D eigenvalue weighted by Gasteiger charge is -2.29. The number of likely N-dealkylation sites (tertiary alicyclic amines) is 1. The van der Waals surface area contributed by atoms with Crippen molar-refractivity contribution < 1.29 is 14.6 Å². The quantitative estimate of drug-likeness (QED) is 0.659. The fourth-order valence-corrected chi connectivity index (χ4v) is 2.90. The molecule has 1 aliphatic heterocycles. The van der Waals surface area contributed by atoms with Crippen LogP contribution in [-0.2, 0) is 11.3 Å². The number of hydrogen-bond donors (Lipinski definition) is 1. The summed E-state index contributed by atoms with van der Waals surface area (Å²) in [6.07, 6.45) is 4.87. The number of ether oxygens (including phenoxy) is 1. The van der Waals surface area contributed by atoms with Gasteiger partial charge in [0, 0.05) is 6.54 Å². The van der Waals surface area contributed by atoms with Crippen molar-refractivity contribution in [2.45, 2.75) is 38.3 Å². The summed E-state index contributed by atoms with van der Waals surface area (Å²) >= 11 is 0. The van der Waals surface area contributed by atoms with E-state index in [2.05, 4.69) is 6.58 Å². The van der Waals surface area contributed by atoms with Crippen molar-refractivity contribution in [3.63, 3.8) is 0 Å². The van der Waals surface area contributed by atoms with Gasteiger partial charge in [0.15, 0.2) is 0 Å². The van der Waals surface area contributed by atoms with Gasteiger partial charge in [-0.1, -0.05) is 43.2 Å². The maximum Gasteiger partial charge on any atom is 0.407 e. The molecule has 0 radical (unpaired) electrons. The predicted molar refractivity (Wildman–Crippen MR) is 82.2 cm³/mol. The standard InChI is InChI=1S/C17H23NO3/c1-2-12-21-13-14-8-5-6-9-15(14)16-10-4-3-7-11-18(16)17(19)20/h2,5-6,8-9,16H,1,3-4,7,10-13H2,(H,19,20). The average molecular weight is 289 g/mol. The van der Waals surface area contributed by atoms with Crippen molar-refractivity contribution in [3.05, 3.63) is 48.0 Å². The number of carbonyl (C=O) groups is 1. The van der Waals surface area contributed by atoms with Crippen LogP contribution in [0, 0.1) is 0 Å². The monoisotopic (exact) mass is 289 g/mol. The Balaban J connectivity index is 2.24. The summed E-state index contributed by atoms with van der Waals surface area (Å²) in [5.74, 6) is 0. The number of benzene rings is 1. The number of rotatable bonds is 5. The Morgan fingerprint density at radius 1 is 1.38 bits per heavy atom. The van der Waals surface area contributed by atoms with Crippen LogP contribution in [0.15, 0.2) is 36.9 Å². The van der Waals surface area contributed by atoms with Crippen LogP contribution in [-0.4, -0.2) is 29.3 Å². The molecule has 0 aromatic heterocycles. The number of carboxylic acid groups (broad SMARTS) is 1. The van der Waals surface area contributed by atoms with Crippen LogP contribution in [0.1, 0.15) is 42.9 Å². The Morgan fingerprint density at radius 2 is 2.19 bits per heavy atom. The second-order valence-corrected chi connectivity index (χ2v) is 5.34. The molecule has 1 saturated heterocycles. The molecule has 4 nitrogen and oxygen atoms in total. The van der Waals surface area contributed by atoms with Gasteiger partial charge in [-0.2, -0.15) is 0 Å². The van der Waals surface area contributed by atoms with E-state index in [0.29, 0.717) is 19.8 Å². The van der Waals surface area contributed by atoms with Gasteiger partial charge in [-0.25, -0.2) is 4.79 Å². The van der Waals surface area contributed by atoms with E-state index in [9.17, 15) is 9.90 Å². The van der Waals surface area contributed by atoms with E-state index >= 15 is 0 Å². The van der Waals surface area contributed by atoms with Crippen LogP contribution in [0.25, 0.3) is 0 Å². The summed E-state index contributed by atoms with van der Waals surface area (Å²) in [4.78, 5) is 13.1. The zero-order chi connectivity index (χ0) is 15.1. The molecular formula is C17H23NO3. The van der Waals surface area contributed by atoms with Gasteiger partial charge >= 0.3 is 6.09 Å². The fraction of sp³-hybridized carbons (Fsp3) is 0.471. The Bertz CT molecular complexity index is 487. The second-order valence-electron chi connectivity index (χ2n) is 5.34. The van der Waals surface area contributed by atoms with Crippen molar-refractivity contribution in [1.29, 1.82) is 0 Å². The Morgan fingerprint density at radius 3 is 2.95 bits per heavy atom. The molecule has 1 aromatic carbocycles. The molecule has 0 bridgehead atoms. The first-order valence-electron chi connectivity index (χ1n) is 7.50. The van der Waals surface area contributed by atoms with E-state index in [1.807, 2.05) is 24.3 Å². The van der Waals surface area contributed by atoms with Crippen molar-refractivity contribution in [2.24, 2.45) is 0 Å². The smallest absolute Gasteiger partial charge is 0.407 e. The highest BCUT2D eigenvalue weighted by atomic mass is 16.5. The lowest BCUT2D eigenvalue weighted by atomic mass is 9.96. The summed E-state index contributed by atoms with van der Waals surface area (Å²) in [7, 11) is 0. The van der Waals surface area contributed by atoms with Gasteiger partial charge in [0.25, 0.3) is 0 Å². The van der Waals surface area contributed by atoms with E-state index in [1.165, 1.54) is 0 Å². The normalized spacial score (nSPS) is 19.0. The highest BCUT2D eigenvalue weighted by molar-refractivity contribution is 5.66. The topological polar surface area (TPSA) is 49.8 Å². The average Bonchev–Trinajstić information content (AvgIpc) is 2.74. The van der Waals surface area contributed by atoms with Crippen LogP contribution in [0.5, 0.6) is 0 Å². The third kappa shape index (κ3) is 4.08. The Kier molecular flexibility index (Phi) is 5.81. The van der Waals surface area contributed by atoms with Crippen LogP contribution in [0.4, 0.5) is 4.79 Å². The Labute approximate surface area is 126 Å². The number of hydrogen-bond acceptors (Lipinski definition) is 2. The van der Waals surface area contributed by atoms with Crippen molar-refractivity contribution in [3.8, 4) is 0 Å². The SMILES string of the molecule is C=CCOCc1ccccc1C1CCCCCN1C(=O)O. The third-order valence-electron chi connectivity index (χ3n) is 3.91. The molecule has 0 aliphatic carbocycles. The molecule has 1 N–H and O–H groups in total. The highest BCUT2D eigenvalue weighted by Gasteiger charge is 2.27. The van der Waals surface area contributed by atoms with Gasteiger partial charge in [-0.05, 0) is 24.0 Å². The molecule has 1 unspecified atom stereocenters. The summed E-state index contributed by atoms with van der Waals surface area (Å²) < 4.78 is 5.54. The minimum atomic E-state index is -0.830. The predicted octanol–water partition coefficient (Wildman–Crippen LogP) is 3.98. The van der Waals surface area contributed by atoms with Gasteiger partial charge < -0.3 is 14.7 Å². The van der Waals surface area contributed by atoms with Gasteiger partial charge in [0.2, 0.25) is 0 Å². The van der Waals surface area contributed by atoms with Gasteiger partial charge in [-0.15, -0.1) is 6.58 Å². The van der Waals surface area contributed by atoms with Crippen LogP contribution in [0.2, 0.25) is 0 Å². The third-order valence-corrected chi connectivity index (χ3v) is 3.91. The highest BCUT2D eigenvalue weighted by Crippen LogP contribution is 2.32. The molecular weight excluding hydrogens is 266 g/mol. The lowest BCUT2D eigenvalue weighted by molar-refractivity contribution is 0.122. The zero-order valence-corrected chi connectivity index (χ0v) is 12.3. The summed E-state index contributed by atoms with van der Waals surface area (Å²) in [6.45, 7) is 5.25. The van der Waals surface area contributed by atoms with E-state index in [1.54, 1.807) is 11.0 Å². The molecule has 0 saturated carbocycles. The minimum Gasteiger partial charge on any atom is -0.465 e. The molecule has 2 rings (SSSR count). The largest absolute Gasteiger partial charge is 0.465 e. The number of nitrogens with zero attached hydrogens (tertiary/aromatic N) is 1. The molecule has 114 valence electrons. The molecule has 1 aliphatic rings. The molecule has 0 spiro atoms. The zero-order valence-electron chi connectivity index (χ0n) is 12.3. The van der Waals surface area contributed by atoms with Crippen LogP contribution >= 0.6 is 0 Å². The molecule has 1 fully saturated rings. The minimum absolute atomic E-state index is 0.0615. The summed E-state index contributed by atoms with van der Waals surface area (Å²) in [5.41, 5.74) is 2.14. The van der Waals surface area contributed by atoms with Crippen molar-refractivity contribution >= 4 is 6.09 Å². The fourth-order valence-electron chi connectivity index (χ4n) is 2.90. The van der Waals surface area contributed by atoms with E-state index < -0.39 is 6.09 Å². The summed E-state index contributed by atoms with van der Waals surface area (Å²) in [6, 6.07) is 7.92. The number of amides is 1. The lowest BCUT2D eigenvalue weighted by Crippen LogP contribution is -2.34. The van der Waals surface area contributed by atoms with E-state index in [4.69, 9.17) is 4.74 Å². The molecule has 1 atom stereocenters. The van der Waals surface area contributed by atoms with Crippen molar-refractivity contribution in [1.82, 2.24) is 4.90 Å². The first-order valence-corrected chi connectivity index (χ1v) is 7.50. The first kappa shape index (κ1) is 15.6. The molecule has 1 heterocycles. The molecule has 1 amide bonds. The molecule has 1 aromatic rings. The van der Waals surface area contributed by atoms with Gasteiger partial charge in [-0.3, -0.25) is 0 Å². The molecule has 21 heavy (non-hydrogen) atoms. The maximum atomic E-state index is 11.5. The summed E-state index contributed by atoms with van der Waals surface area (Å²) in [5, 5.41) is 9.48. The van der Waals surface area contributed by atoms with E-state index in [0.717, 1.165) is 36.8 Å². The van der Waals surface area contributed by atoms with Crippen LogP contribution in [0.3, 0.4) is 0 Å². The second kappa shape index (κ2) is 7.84.